The van der Waals surface area contributed by atoms with Crippen LogP contribution >= 0.6 is 0 Å². The molecule has 6 heteroatoms. The van der Waals surface area contributed by atoms with Gasteiger partial charge >= 0.3 is 0 Å². The maximum absolute atomic E-state index is 13.6. The normalized spacial score (nSPS) is 10.4. The Labute approximate surface area is 135 Å². The fourth-order valence-corrected chi connectivity index (χ4v) is 2.23. The lowest BCUT2D eigenvalue weighted by Crippen LogP contribution is -2.17. The third-order valence-corrected chi connectivity index (χ3v) is 3.43. The van der Waals surface area contributed by atoms with Crippen molar-refractivity contribution < 1.29 is 13.6 Å². The molecule has 1 aromatic heterocycles. The molecule has 2 N–H and O–H groups in total. The van der Waals surface area contributed by atoms with Crippen LogP contribution < -0.4 is 10.9 Å². The zero-order chi connectivity index (χ0) is 17.1. The van der Waals surface area contributed by atoms with E-state index in [9.17, 15) is 18.4 Å². The third kappa shape index (κ3) is 3.22. The second-order valence-electron chi connectivity index (χ2n) is 5.08. The van der Waals surface area contributed by atoms with Crippen LogP contribution in [0.3, 0.4) is 0 Å². The monoisotopic (exact) mass is 326 g/mol. The number of benzene rings is 2. The highest BCUT2D eigenvalue weighted by atomic mass is 19.1. The average molecular weight is 326 g/mol. The van der Waals surface area contributed by atoms with Crippen molar-refractivity contribution in [3.05, 3.63) is 88.3 Å². The number of aromatic nitrogens is 1. The van der Waals surface area contributed by atoms with Crippen molar-refractivity contribution in [1.82, 2.24) is 4.98 Å². The Morgan fingerprint density at radius 2 is 1.75 bits per heavy atom. The number of carbonyl (C=O) groups excluding carboxylic acids is 1. The Morgan fingerprint density at radius 1 is 1.00 bits per heavy atom. The summed E-state index contributed by atoms with van der Waals surface area (Å²) < 4.78 is 26.5. The molecule has 0 radical (unpaired) electrons. The highest BCUT2D eigenvalue weighted by molar-refractivity contribution is 6.04. The zero-order valence-corrected chi connectivity index (χ0v) is 12.3. The van der Waals surface area contributed by atoms with Gasteiger partial charge in [0.2, 0.25) is 0 Å². The van der Waals surface area contributed by atoms with E-state index in [0.717, 1.165) is 12.1 Å². The summed E-state index contributed by atoms with van der Waals surface area (Å²) in [6.07, 6.45) is 1.24. The molecular formula is C18H12F2N2O2. The smallest absolute Gasteiger partial charge is 0.257 e. The topological polar surface area (TPSA) is 62.0 Å². The molecule has 1 heterocycles. The quantitative estimate of drug-likeness (QED) is 0.773. The lowest BCUT2D eigenvalue weighted by atomic mass is 10.1. The summed E-state index contributed by atoms with van der Waals surface area (Å²) in [7, 11) is 0. The van der Waals surface area contributed by atoms with Crippen molar-refractivity contribution in [2.75, 3.05) is 5.32 Å². The van der Waals surface area contributed by atoms with Crippen molar-refractivity contribution >= 4 is 11.6 Å². The zero-order valence-electron chi connectivity index (χ0n) is 12.3. The summed E-state index contributed by atoms with van der Waals surface area (Å²) in [4.78, 5) is 26.7. The fraction of sp³-hybridized carbons (Fsp3) is 0. The number of nitrogens with one attached hydrogen (secondary N) is 2. The van der Waals surface area contributed by atoms with Gasteiger partial charge in [-0.3, -0.25) is 9.59 Å². The molecule has 120 valence electrons. The molecule has 1 amide bonds. The summed E-state index contributed by atoms with van der Waals surface area (Å²) >= 11 is 0. The minimum Gasteiger partial charge on any atom is -0.328 e. The van der Waals surface area contributed by atoms with Gasteiger partial charge in [0, 0.05) is 17.8 Å². The predicted octanol–water partition coefficient (Wildman–Crippen LogP) is 3.57. The maximum atomic E-state index is 13.6. The molecule has 0 saturated heterocycles. The van der Waals surface area contributed by atoms with Crippen molar-refractivity contribution in [3.8, 4) is 11.1 Å². The molecule has 4 nitrogen and oxygen atoms in total. The molecule has 0 aliphatic rings. The summed E-state index contributed by atoms with van der Waals surface area (Å²) in [5, 5.41) is 2.35. The van der Waals surface area contributed by atoms with Gasteiger partial charge in [-0.15, -0.1) is 0 Å². The van der Waals surface area contributed by atoms with E-state index in [4.69, 9.17) is 0 Å². The van der Waals surface area contributed by atoms with E-state index in [0.29, 0.717) is 17.2 Å². The van der Waals surface area contributed by atoms with Crippen molar-refractivity contribution in [2.45, 2.75) is 0 Å². The van der Waals surface area contributed by atoms with Crippen molar-refractivity contribution in [2.24, 2.45) is 0 Å². The van der Waals surface area contributed by atoms with E-state index in [2.05, 4.69) is 10.3 Å². The number of rotatable bonds is 3. The Morgan fingerprint density at radius 3 is 2.46 bits per heavy atom. The van der Waals surface area contributed by atoms with Gasteiger partial charge in [-0.05, 0) is 23.8 Å². The van der Waals surface area contributed by atoms with Crippen LogP contribution in [0, 0.1) is 11.6 Å². The molecular weight excluding hydrogens is 314 g/mol. The lowest BCUT2D eigenvalue weighted by Gasteiger charge is -2.08. The Kier molecular flexibility index (Phi) is 4.20. The first-order valence-corrected chi connectivity index (χ1v) is 7.09. The van der Waals surface area contributed by atoms with Gasteiger partial charge in [0.1, 0.15) is 11.6 Å². The van der Waals surface area contributed by atoms with Gasteiger partial charge in [-0.2, -0.15) is 0 Å². The second kappa shape index (κ2) is 6.45. The number of anilines is 1. The SMILES string of the molecule is O=C(Nc1ccc(F)cc1F)c1c[nH]c(=O)c(-c2ccccc2)c1. The summed E-state index contributed by atoms with van der Waals surface area (Å²) in [6, 6.07) is 13.1. The number of amides is 1. The Bertz CT molecular complexity index is 953. The number of H-pyrrole nitrogens is 1. The van der Waals surface area contributed by atoms with Gasteiger partial charge in [-0.25, -0.2) is 8.78 Å². The van der Waals surface area contributed by atoms with Crippen LogP contribution in [0.2, 0.25) is 0 Å². The van der Waals surface area contributed by atoms with Gasteiger partial charge in [-0.1, -0.05) is 30.3 Å². The van der Waals surface area contributed by atoms with Gasteiger partial charge in [0.15, 0.2) is 0 Å². The summed E-state index contributed by atoms with van der Waals surface area (Å²) in [5.41, 5.74) is 0.640. The van der Waals surface area contributed by atoms with Crippen LogP contribution in [-0.4, -0.2) is 10.9 Å². The summed E-state index contributed by atoms with van der Waals surface area (Å²) in [6.45, 7) is 0. The van der Waals surface area contributed by atoms with Crippen LogP contribution in [0.15, 0.2) is 65.6 Å². The maximum Gasteiger partial charge on any atom is 0.257 e. The van der Waals surface area contributed by atoms with E-state index in [1.54, 1.807) is 24.3 Å². The van der Waals surface area contributed by atoms with Crippen LogP contribution in [0.4, 0.5) is 14.5 Å². The van der Waals surface area contributed by atoms with E-state index in [1.165, 1.54) is 12.3 Å². The number of carbonyl (C=O) groups is 1. The molecule has 0 fully saturated rings. The number of pyridine rings is 1. The van der Waals surface area contributed by atoms with Gasteiger partial charge in [0.25, 0.3) is 11.5 Å². The second-order valence-corrected chi connectivity index (χ2v) is 5.08. The fourth-order valence-electron chi connectivity index (χ4n) is 2.23. The standard InChI is InChI=1S/C18H12F2N2O2/c19-13-6-7-16(15(20)9-13)22-17(23)12-8-14(18(24)21-10-12)11-4-2-1-3-5-11/h1-10H,(H,21,24)(H,22,23). The molecule has 0 saturated carbocycles. The first-order valence-electron chi connectivity index (χ1n) is 7.09. The van der Waals surface area contributed by atoms with Crippen LogP contribution in [0.5, 0.6) is 0 Å². The first kappa shape index (κ1) is 15.6. The molecule has 0 spiro atoms. The van der Waals surface area contributed by atoms with E-state index >= 15 is 0 Å². The molecule has 0 aliphatic carbocycles. The van der Waals surface area contributed by atoms with E-state index in [-0.39, 0.29) is 16.8 Å². The van der Waals surface area contributed by atoms with Gasteiger partial charge in [0.05, 0.1) is 11.3 Å². The molecule has 0 aliphatic heterocycles. The van der Waals surface area contributed by atoms with Crippen LogP contribution in [-0.2, 0) is 0 Å². The van der Waals surface area contributed by atoms with Gasteiger partial charge < -0.3 is 10.3 Å². The summed E-state index contributed by atoms with van der Waals surface area (Å²) in [5.74, 6) is -2.23. The van der Waals surface area contributed by atoms with Crippen molar-refractivity contribution in [3.63, 3.8) is 0 Å². The number of hydrogen-bond acceptors (Lipinski definition) is 2. The highest BCUT2D eigenvalue weighted by Gasteiger charge is 2.13. The molecule has 3 rings (SSSR count). The number of halogens is 2. The minimum absolute atomic E-state index is 0.145. The van der Waals surface area contributed by atoms with E-state index in [1.807, 2.05) is 6.07 Å². The molecule has 0 atom stereocenters. The Balaban J connectivity index is 1.92. The molecule has 0 bridgehead atoms. The highest BCUT2D eigenvalue weighted by Crippen LogP contribution is 2.18. The van der Waals surface area contributed by atoms with E-state index < -0.39 is 17.5 Å². The van der Waals surface area contributed by atoms with Crippen LogP contribution in [0.1, 0.15) is 10.4 Å². The Hall–Kier alpha value is -3.28. The molecule has 3 aromatic rings. The number of hydrogen-bond donors (Lipinski definition) is 2. The average Bonchev–Trinajstić information content (AvgIpc) is 2.58. The largest absolute Gasteiger partial charge is 0.328 e. The molecule has 0 unspecified atom stereocenters. The third-order valence-electron chi connectivity index (χ3n) is 3.43. The minimum atomic E-state index is -0.879. The predicted molar refractivity (Wildman–Crippen MR) is 86.8 cm³/mol. The molecule has 24 heavy (non-hydrogen) atoms. The number of aromatic amines is 1. The first-order chi connectivity index (χ1) is 11.5. The van der Waals surface area contributed by atoms with Crippen LogP contribution in [0.25, 0.3) is 11.1 Å². The van der Waals surface area contributed by atoms with Crippen molar-refractivity contribution in [1.29, 1.82) is 0 Å². The molecule has 2 aromatic carbocycles. The lowest BCUT2D eigenvalue weighted by molar-refractivity contribution is 0.102.